The summed E-state index contributed by atoms with van der Waals surface area (Å²) in [6.07, 6.45) is 2.55. The lowest BCUT2D eigenvalue weighted by atomic mass is 9.93. The topological polar surface area (TPSA) is 55.1 Å². The van der Waals surface area contributed by atoms with Crippen molar-refractivity contribution in [3.63, 3.8) is 0 Å². The van der Waals surface area contributed by atoms with Crippen LogP contribution in [0.1, 0.15) is 53.9 Å². The van der Waals surface area contributed by atoms with E-state index in [1.165, 1.54) is 0 Å². The zero-order valence-electron chi connectivity index (χ0n) is 10.1. The first-order valence-corrected chi connectivity index (χ1v) is 5.36. The quantitative estimate of drug-likeness (QED) is 0.711. The van der Waals surface area contributed by atoms with Gasteiger partial charge in [0.25, 0.3) is 0 Å². The van der Waals surface area contributed by atoms with Crippen LogP contribution in [0.4, 0.5) is 0 Å². The van der Waals surface area contributed by atoms with Crippen LogP contribution in [-0.4, -0.2) is 17.0 Å². The molecule has 0 aromatic rings. The molecule has 0 radical (unpaired) electrons. The fraction of sp³-hybridized carbons (Fsp3) is 0.909. The second kappa shape index (κ2) is 4.78. The van der Waals surface area contributed by atoms with Crippen LogP contribution in [0.3, 0.4) is 0 Å². The van der Waals surface area contributed by atoms with E-state index in [4.69, 9.17) is 5.73 Å². The van der Waals surface area contributed by atoms with Crippen molar-refractivity contribution in [3.8, 4) is 0 Å². The van der Waals surface area contributed by atoms with Crippen molar-refractivity contribution >= 4 is 5.91 Å². The second-order valence-corrected chi connectivity index (χ2v) is 4.86. The lowest BCUT2D eigenvalue weighted by molar-refractivity contribution is -0.127. The molecule has 0 aliphatic heterocycles. The van der Waals surface area contributed by atoms with Crippen molar-refractivity contribution in [2.45, 2.75) is 65.0 Å². The minimum atomic E-state index is -0.735. The summed E-state index contributed by atoms with van der Waals surface area (Å²) in [6, 6.07) is 0. The second-order valence-electron chi connectivity index (χ2n) is 4.86. The third kappa shape index (κ3) is 4.09. The number of hydrogen-bond donors (Lipinski definition) is 2. The summed E-state index contributed by atoms with van der Waals surface area (Å²) in [5.74, 6) is -0.0498. The Balaban J connectivity index is 4.34. The third-order valence-corrected chi connectivity index (χ3v) is 2.62. The van der Waals surface area contributed by atoms with Gasteiger partial charge in [0.1, 0.15) is 0 Å². The number of hydrogen-bond acceptors (Lipinski definition) is 2. The molecule has 1 amide bonds. The summed E-state index contributed by atoms with van der Waals surface area (Å²) in [6.45, 7) is 9.88. The highest BCUT2D eigenvalue weighted by atomic mass is 16.2. The summed E-state index contributed by atoms with van der Waals surface area (Å²) >= 11 is 0. The Kier molecular flexibility index (Phi) is 4.59. The van der Waals surface area contributed by atoms with E-state index < -0.39 is 5.54 Å². The zero-order valence-corrected chi connectivity index (χ0v) is 10.1. The first kappa shape index (κ1) is 13.4. The van der Waals surface area contributed by atoms with Gasteiger partial charge in [-0.25, -0.2) is 0 Å². The number of nitrogens with one attached hydrogen (secondary N) is 1. The molecule has 0 aromatic heterocycles. The van der Waals surface area contributed by atoms with Gasteiger partial charge in [-0.05, 0) is 33.6 Å². The zero-order chi connectivity index (χ0) is 11.4. The van der Waals surface area contributed by atoms with Gasteiger partial charge in [-0.1, -0.05) is 20.3 Å². The first-order chi connectivity index (χ1) is 6.25. The van der Waals surface area contributed by atoms with E-state index in [2.05, 4.69) is 5.32 Å². The maximum absolute atomic E-state index is 11.8. The summed E-state index contributed by atoms with van der Waals surface area (Å²) in [5, 5.41) is 2.97. The molecule has 0 saturated heterocycles. The van der Waals surface area contributed by atoms with Crippen molar-refractivity contribution in [3.05, 3.63) is 0 Å². The highest BCUT2D eigenvalue weighted by Crippen LogP contribution is 2.13. The highest BCUT2D eigenvalue weighted by Gasteiger charge is 2.30. The molecule has 3 nitrogen and oxygen atoms in total. The SMILES string of the molecule is CCCC(C)(N)C(=O)NC(C)(C)CC. The normalized spacial score (nSPS) is 16.1. The fourth-order valence-corrected chi connectivity index (χ4v) is 1.17. The summed E-state index contributed by atoms with van der Waals surface area (Å²) in [5.41, 5.74) is 5.02. The van der Waals surface area contributed by atoms with Gasteiger partial charge in [0.15, 0.2) is 0 Å². The van der Waals surface area contributed by atoms with Crippen LogP contribution in [0.2, 0.25) is 0 Å². The Morgan fingerprint density at radius 3 is 2.14 bits per heavy atom. The molecule has 0 aliphatic carbocycles. The van der Waals surface area contributed by atoms with Gasteiger partial charge in [-0.15, -0.1) is 0 Å². The number of rotatable bonds is 5. The van der Waals surface area contributed by atoms with Gasteiger partial charge in [-0.3, -0.25) is 4.79 Å². The molecule has 0 rings (SSSR count). The highest BCUT2D eigenvalue weighted by molar-refractivity contribution is 5.86. The van der Waals surface area contributed by atoms with Crippen LogP contribution in [0, 0.1) is 0 Å². The molecule has 0 bridgehead atoms. The minimum Gasteiger partial charge on any atom is -0.350 e. The summed E-state index contributed by atoms with van der Waals surface area (Å²) in [4.78, 5) is 11.8. The van der Waals surface area contributed by atoms with Crippen LogP contribution in [0.15, 0.2) is 0 Å². The Hall–Kier alpha value is -0.570. The lowest BCUT2D eigenvalue weighted by Gasteiger charge is -2.31. The van der Waals surface area contributed by atoms with Gasteiger partial charge in [-0.2, -0.15) is 0 Å². The third-order valence-electron chi connectivity index (χ3n) is 2.62. The molecule has 0 aromatic carbocycles. The summed E-state index contributed by atoms with van der Waals surface area (Å²) < 4.78 is 0. The van der Waals surface area contributed by atoms with Crippen molar-refractivity contribution < 1.29 is 4.79 Å². The Labute approximate surface area is 87.4 Å². The van der Waals surface area contributed by atoms with Crippen LogP contribution in [-0.2, 0) is 4.79 Å². The van der Waals surface area contributed by atoms with Crippen molar-refractivity contribution in [1.29, 1.82) is 0 Å². The van der Waals surface area contributed by atoms with E-state index in [1.54, 1.807) is 6.92 Å². The van der Waals surface area contributed by atoms with Gasteiger partial charge in [0.05, 0.1) is 5.54 Å². The van der Waals surface area contributed by atoms with Crippen LogP contribution in [0.5, 0.6) is 0 Å². The maximum Gasteiger partial charge on any atom is 0.240 e. The average Bonchev–Trinajstić information content (AvgIpc) is 2.03. The minimum absolute atomic E-state index is 0.0498. The molecule has 84 valence electrons. The van der Waals surface area contributed by atoms with E-state index >= 15 is 0 Å². The molecule has 0 spiro atoms. The molecule has 0 heterocycles. The van der Waals surface area contributed by atoms with E-state index in [-0.39, 0.29) is 11.4 Å². The molecule has 0 aliphatic rings. The van der Waals surface area contributed by atoms with Gasteiger partial charge < -0.3 is 11.1 Å². The standard InChI is InChI=1S/C11H24N2O/c1-6-8-11(5,12)9(14)13-10(3,4)7-2/h6-8,12H2,1-5H3,(H,13,14). The molecule has 0 fully saturated rings. The smallest absolute Gasteiger partial charge is 0.240 e. The molecular weight excluding hydrogens is 176 g/mol. The van der Waals surface area contributed by atoms with Gasteiger partial charge in [0.2, 0.25) is 5.91 Å². The maximum atomic E-state index is 11.8. The Bertz CT molecular complexity index is 197. The number of amides is 1. The number of carbonyl (C=O) groups excluding carboxylic acids is 1. The number of nitrogens with two attached hydrogens (primary N) is 1. The van der Waals surface area contributed by atoms with Crippen molar-refractivity contribution in [2.24, 2.45) is 5.73 Å². The predicted octanol–water partition coefficient (Wildman–Crippen LogP) is 1.81. The van der Waals surface area contributed by atoms with E-state index in [9.17, 15) is 4.79 Å². The lowest BCUT2D eigenvalue weighted by Crippen LogP contribution is -2.57. The van der Waals surface area contributed by atoms with Crippen LogP contribution in [0.25, 0.3) is 0 Å². The first-order valence-electron chi connectivity index (χ1n) is 5.36. The van der Waals surface area contributed by atoms with Crippen molar-refractivity contribution in [2.75, 3.05) is 0 Å². The Morgan fingerprint density at radius 2 is 1.79 bits per heavy atom. The fourth-order valence-electron chi connectivity index (χ4n) is 1.17. The molecular formula is C11H24N2O. The van der Waals surface area contributed by atoms with Crippen molar-refractivity contribution in [1.82, 2.24) is 5.32 Å². The van der Waals surface area contributed by atoms with E-state index in [1.807, 2.05) is 27.7 Å². The van der Waals surface area contributed by atoms with Crippen LogP contribution >= 0.6 is 0 Å². The average molecular weight is 200 g/mol. The molecule has 14 heavy (non-hydrogen) atoms. The largest absolute Gasteiger partial charge is 0.350 e. The summed E-state index contributed by atoms with van der Waals surface area (Å²) in [7, 11) is 0. The Morgan fingerprint density at radius 1 is 1.29 bits per heavy atom. The van der Waals surface area contributed by atoms with Gasteiger partial charge >= 0.3 is 0 Å². The number of carbonyl (C=O) groups is 1. The molecule has 0 saturated carbocycles. The van der Waals surface area contributed by atoms with Gasteiger partial charge in [0, 0.05) is 5.54 Å². The monoisotopic (exact) mass is 200 g/mol. The predicted molar refractivity (Wildman–Crippen MR) is 60.0 cm³/mol. The van der Waals surface area contributed by atoms with Crippen LogP contribution < -0.4 is 11.1 Å². The molecule has 3 heteroatoms. The van der Waals surface area contributed by atoms with E-state index in [0.29, 0.717) is 0 Å². The van der Waals surface area contributed by atoms with E-state index in [0.717, 1.165) is 19.3 Å². The molecule has 1 unspecified atom stereocenters. The molecule has 3 N–H and O–H groups in total. The molecule has 1 atom stereocenters.